The van der Waals surface area contributed by atoms with E-state index in [1.165, 1.54) is 45.2 Å². The van der Waals surface area contributed by atoms with Crippen LogP contribution in [0, 0.1) is 0 Å². The Hall–Kier alpha value is -0.0400. The zero-order chi connectivity index (χ0) is 7.66. The molecular formula is C9H21N. The van der Waals surface area contributed by atoms with Crippen LogP contribution >= 0.6 is 0 Å². The summed E-state index contributed by atoms with van der Waals surface area (Å²) >= 11 is 0. The average Bonchev–Trinajstić information content (AvgIpc) is 2.17. The predicted molar refractivity (Wildman–Crippen MR) is 47.3 cm³/mol. The lowest BCUT2D eigenvalue weighted by molar-refractivity contribution is 0.702. The number of hydrogen-bond acceptors (Lipinski definition) is 1. The monoisotopic (exact) mass is 143 g/mol. The molecule has 0 spiro atoms. The maximum absolute atomic E-state index is 3.35. The molecule has 1 rings (SSSR count). The maximum Gasteiger partial charge on any atom is -0.00489 e. The van der Waals surface area contributed by atoms with Gasteiger partial charge in [0.05, 0.1) is 0 Å². The molecule has 62 valence electrons. The van der Waals surface area contributed by atoms with Crippen LogP contribution in [0.5, 0.6) is 0 Å². The highest BCUT2D eigenvalue weighted by molar-refractivity contribution is 4.54. The molecule has 1 saturated heterocycles. The maximum atomic E-state index is 3.35. The molecule has 1 fully saturated rings. The molecule has 0 atom stereocenters. The largest absolute Gasteiger partial charge is 0.317 e. The fraction of sp³-hybridized carbons (Fsp3) is 1.00. The molecule has 1 N–H and O–H groups in total. The summed E-state index contributed by atoms with van der Waals surface area (Å²) in [4.78, 5) is 0. The Balaban J connectivity index is 0.000000236. The van der Waals surface area contributed by atoms with Crippen molar-refractivity contribution < 1.29 is 0 Å². The van der Waals surface area contributed by atoms with E-state index in [0.717, 1.165) is 0 Å². The first kappa shape index (κ1) is 9.96. The van der Waals surface area contributed by atoms with E-state index in [4.69, 9.17) is 0 Å². The van der Waals surface area contributed by atoms with Gasteiger partial charge in [0.1, 0.15) is 0 Å². The van der Waals surface area contributed by atoms with Crippen molar-refractivity contribution in [3.8, 4) is 0 Å². The van der Waals surface area contributed by atoms with Gasteiger partial charge < -0.3 is 5.32 Å². The van der Waals surface area contributed by atoms with Crippen LogP contribution in [0.1, 0.15) is 46.0 Å². The summed E-state index contributed by atoms with van der Waals surface area (Å²) < 4.78 is 0. The smallest absolute Gasteiger partial charge is 0.00489 e. The van der Waals surface area contributed by atoms with Gasteiger partial charge >= 0.3 is 0 Å². The summed E-state index contributed by atoms with van der Waals surface area (Å²) in [5, 5.41) is 3.35. The fourth-order valence-electron chi connectivity index (χ4n) is 0.979. The van der Waals surface area contributed by atoms with Crippen molar-refractivity contribution in [1.82, 2.24) is 5.32 Å². The van der Waals surface area contributed by atoms with Gasteiger partial charge in [-0.3, -0.25) is 0 Å². The molecule has 1 nitrogen and oxygen atoms in total. The number of rotatable bonds is 0. The highest BCUT2D eigenvalue weighted by Crippen LogP contribution is 2.00. The van der Waals surface area contributed by atoms with Gasteiger partial charge in [-0.15, -0.1) is 0 Å². The lowest BCUT2D eigenvalue weighted by atomic mass is 10.2. The summed E-state index contributed by atoms with van der Waals surface area (Å²) in [6, 6.07) is 0. The first-order valence-electron chi connectivity index (χ1n) is 4.62. The standard InChI is InChI=1S/C6H13N.C3H8/c1-2-4-6-7-5-3-1;1-3-2/h7H,1-6H2;3H2,1-2H3. The molecule has 0 unspecified atom stereocenters. The van der Waals surface area contributed by atoms with Crippen LogP contribution in [0.15, 0.2) is 0 Å². The van der Waals surface area contributed by atoms with Crippen LogP contribution in [-0.4, -0.2) is 13.1 Å². The number of nitrogens with one attached hydrogen (secondary N) is 1. The van der Waals surface area contributed by atoms with Crippen LogP contribution in [0.2, 0.25) is 0 Å². The lowest BCUT2D eigenvalue weighted by Crippen LogP contribution is -2.12. The summed E-state index contributed by atoms with van der Waals surface area (Å²) in [5.41, 5.74) is 0. The molecule has 0 bridgehead atoms. The van der Waals surface area contributed by atoms with Crippen LogP contribution in [0.25, 0.3) is 0 Å². The topological polar surface area (TPSA) is 12.0 Å². The Kier molecular flexibility index (Phi) is 8.92. The van der Waals surface area contributed by atoms with E-state index in [0.29, 0.717) is 0 Å². The molecule has 0 aromatic rings. The van der Waals surface area contributed by atoms with Crippen molar-refractivity contribution in [2.75, 3.05) is 13.1 Å². The third kappa shape index (κ3) is 7.96. The Morgan fingerprint density at radius 3 is 1.70 bits per heavy atom. The normalized spacial score (nSPS) is 18.6. The SMILES string of the molecule is C1CCCNCC1.CCC. The predicted octanol–water partition coefficient (Wildman–Crippen LogP) is 2.57. The van der Waals surface area contributed by atoms with Gasteiger partial charge in [-0.05, 0) is 25.9 Å². The zero-order valence-electron chi connectivity index (χ0n) is 7.45. The molecule has 1 heterocycles. The second-order valence-corrected chi connectivity index (χ2v) is 2.87. The van der Waals surface area contributed by atoms with Crippen LogP contribution in [0.4, 0.5) is 0 Å². The third-order valence-corrected chi connectivity index (χ3v) is 1.46. The van der Waals surface area contributed by atoms with E-state index < -0.39 is 0 Å². The molecule has 10 heavy (non-hydrogen) atoms. The summed E-state index contributed by atoms with van der Waals surface area (Å²) in [6.07, 6.45) is 6.90. The van der Waals surface area contributed by atoms with E-state index >= 15 is 0 Å². The molecule has 0 radical (unpaired) electrons. The molecule has 0 aromatic carbocycles. The summed E-state index contributed by atoms with van der Waals surface area (Å²) in [6.45, 7) is 6.75. The molecule has 0 amide bonds. The van der Waals surface area contributed by atoms with E-state index in [1.54, 1.807) is 0 Å². The first-order chi connectivity index (χ1) is 4.91. The molecule has 1 heteroatoms. The van der Waals surface area contributed by atoms with E-state index in [1.807, 2.05) is 0 Å². The van der Waals surface area contributed by atoms with Crippen molar-refractivity contribution in [3.05, 3.63) is 0 Å². The second kappa shape index (κ2) is 8.96. The van der Waals surface area contributed by atoms with Gasteiger partial charge in [0.2, 0.25) is 0 Å². The quantitative estimate of drug-likeness (QED) is 0.549. The second-order valence-electron chi connectivity index (χ2n) is 2.87. The first-order valence-corrected chi connectivity index (χ1v) is 4.62. The summed E-state index contributed by atoms with van der Waals surface area (Å²) in [5.74, 6) is 0. The third-order valence-electron chi connectivity index (χ3n) is 1.46. The van der Waals surface area contributed by atoms with Crippen LogP contribution in [0.3, 0.4) is 0 Å². The van der Waals surface area contributed by atoms with Crippen molar-refractivity contribution in [3.63, 3.8) is 0 Å². The Morgan fingerprint density at radius 2 is 1.30 bits per heavy atom. The minimum Gasteiger partial charge on any atom is -0.317 e. The van der Waals surface area contributed by atoms with Gasteiger partial charge in [-0.25, -0.2) is 0 Å². The lowest BCUT2D eigenvalue weighted by Gasteiger charge is -1.91. The fourth-order valence-corrected chi connectivity index (χ4v) is 0.979. The van der Waals surface area contributed by atoms with E-state index in [-0.39, 0.29) is 0 Å². The minimum atomic E-state index is 1.25. The Morgan fingerprint density at radius 1 is 0.900 bits per heavy atom. The van der Waals surface area contributed by atoms with E-state index in [2.05, 4.69) is 19.2 Å². The van der Waals surface area contributed by atoms with Gasteiger partial charge in [-0.1, -0.05) is 33.1 Å². The van der Waals surface area contributed by atoms with Crippen molar-refractivity contribution in [2.45, 2.75) is 46.0 Å². The van der Waals surface area contributed by atoms with E-state index in [9.17, 15) is 0 Å². The van der Waals surface area contributed by atoms with Crippen molar-refractivity contribution in [2.24, 2.45) is 0 Å². The molecule has 0 saturated carbocycles. The van der Waals surface area contributed by atoms with Gasteiger partial charge in [0.15, 0.2) is 0 Å². The Bertz CT molecular complexity index is 33.0. The molecule has 1 aliphatic rings. The summed E-state index contributed by atoms with van der Waals surface area (Å²) in [7, 11) is 0. The highest BCUT2D eigenvalue weighted by atomic mass is 14.8. The molecule has 0 aliphatic carbocycles. The molecular weight excluding hydrogens is 122 g/mol. The van der Waals surface area contributed by atoms with Crippen molar-refractivity contribution in [1.29, 1.82) is 0 Å². The molecule has 1 aliphatic heterocycles. The highest BCUT2D eigenvalue weighted by Gasteiger charge is 1.94. The van der Waals surface area contributed by atoms with Gasteiger partial charge in [-0.2, -0.15) is 0 Å². The number of hydrogen-bond donors (Lipinski definition) is 1. The minimum absolute atomic E-state index is 1.25. The van der Waals surface area contributed by atoms with Gasteiger partial charge in [0, 0.05) is 0 Å². The average molecular weight is 143 g/mol. The Labute approximate surface area is 65.2 Å². The van der Waals surface area contributed by atoms with Crippen LogP contribution in [-0.2, 0) is 0 Å². The van der Waals surface area contributed by atoms with Gasteiger partial charge in [0.25, 0.3) is 0 Å². The van der Waals surface area contributed by atoms with Crippen LogP contribution < -0.4 is 5.32 Å². The molecule has 0 aromatic heterocycles. The zero-order valence-corrected chi connectivity index (χ0v) is 7.45. The van der Waals surface area contributed by atoms with Crippen molar-refractivity contribution >= 4 is 0 Å².